The number of alkyl carbamates (subject to hydrolysis) is 1. The minimum Gasteiger partial charge on any atom is -0.444 e. The third-order valence-corrected chi connectivity index (χ3v) is 6.96. The van der Waals surface area contributed by atoms with Crippen molar-refractivity contribution in [3.63, 3.8) is 0 Å². The Morgan fingerprint density at radius 3 is 2.65 bits per heavy atom. The lowest BCUT2D eigenvalue weighted by molar-refractivity contribution is 0.0473. The van der Waals surface area contributed by atoms with Crippen LogP contribution in [-0.2, 0) is 9.47 Å². The third kappa shape index (κ3) is 6.03. The monoisotopic (exact) mass is 466 g/mol. The lowest BCUT2D eigenvalue weighted by Crippen LogP contribution is -2.42. The van der Waals surface area contributed by atoms with Crippen LogP contribution in [-0.4, -0.2) is 35.9 Å². The normalized spacial score (nSPS) is 26.9. The lowest BCUT2D eigenvalue weighted by Gasteiger charge is -2.34. The van der Waals surface area contributed by atoms with Gasteiger partial charge in [0.2, 0.25) is 0 Å². The summed E-state index contributed by atoms with van der Waals surface area (Å²) < 4.78 is 24.8. The number of rotatable bonds is 5. The van der Waals surface area contributed by atoms with Crippen LogP contribution in [0.15, 0.2) is 48.7 Å². The van der Waals surface area contributed by atoms with Crippen molar-refractivity contribution in [2.45, 2.75) is 64.2 Å². The molecule has 2 aliphatic rings. The lowest BCUT2D eigenvalue weighted by atomic mass is 9.76. The summed E-state index contributed by atoms with van der Waals surface area (Å²) in [5.41, 5.74) is 2.09. The van der Waals surface area contributed by atoms with Gasteiger partial charge in [-0.2, -0.15) is 0 Å². The van der Waals surface area contributed by atoms with Crippen molar-refractivity contribution in [2.75, 3.05) is 7.11 Å². The van der Waals surface area contributed by atoms with Crippen LogP contribution < -0.4 is 5.32 Å². The van der Waals surface area contributed by atoms with Gasteiger partial charge < -0.3 is 14.8 Å². The van der Waals surface area contributed by atoms with E-state index in [1.54, 1.807) is 19.4 Å². The van der Waals surface area contributed by atoms with Crippen molar-refractivity contribution in [1.82, 2.24) is 10.3 Å². The maximum Gasteiger partial charge on any atom is 0.407 e. The van der Waals surface area contributed by atoms with Crippen molar-refractivity contribution < 1.29 is 18.7 Å². The van der Waals surface area contributed by atoms with Crippen LogP contribution in [0, 0.1) is 23.6 Å². The Hall–Kier alpha value is -2.73. The van der Waals surface area contributed by atoms with Crippen molar-refractivity contribution in [3.05, 3.63) is 60.2 Å². The van der Waals surface area contributed by atoms with E-state index >= 15 is 0 Å². The number of pyridine rings is 1. The van der Waals surface area contributed by atoms with Gasteiger partial charge in [0, 0.05) is 30.8 Å². The average Bonchev–Trinajstić information content (AvgIpc) is 3.13. The number of halogens is 1. The Labute approximate surface area is 201 Å². The van der Waals surface area contributed by atoms with Gasteiger partial charge in [-0.15, -0.1) is 0 Å². The van der Waals surface area contributed by atoms with E-state index < -0.39 is 5.60 Å². The van der Waals surface area contributed by atoms with Gasteiger partial charge in [-0.25, -0.2) is 9.18 Å². The number of carbonyl (C=O) groups is 1. The summed E-state index contributed by atoms with van der Waals surface area (Å²) in [6.07, 6.45) is 9.87. The first-order valence-electron chi connectivity index (χ1n) is 12.1. The van der Waals surface area contributed by atoms with Crippen molar-refractivity contribution in [3.8, 4) is 11.1 Å². The topological polar surface area (TPSA) is 60.5 Å². The molecular weight excluding hydrogens is 431 g/mol. The summed E-state index contributed by atoms with van der Waals surface area (Å²) in [5, 5.41) is 3.06. The molecule has 0 saturated heterocycles. The van der Waals surface area contributed by atoms with E-state index in [1.807, 2.05) is 39.0 Å². The van der Waals surface area contributed by atoms with Crippen LogP contribution in [0.2, 0.25) is 0 Å². The molecule has 2 saturated carbocycles. The van der Waals surface area contributed by atoms with Crippen molar-refractivity contribution in [1.29, 1.82) is 0 Å². The first-order valence-corrected chi connectivity index (χ1v) is 12.1. The molecule has 1 unspecified atom stereocenters. The fourth-order valence-electron chi connectivity index (χ4n) is 5.47. The molecule has 34 heavy (non-hydrogen) atoms. The number of nitrogens with zero attached hydrogens (tertiary/aromatic N) is 1. The van der Waals surface area contributed by atoms with Crippen molar-refractivity contribution in [2.24, 2.45) is 17.8 Å². The maximum absolute atomic E-state index is 13.5. The zero-order valence-electron chi connectivity index (χ0n) is 20.5. The molecule has 182 valence electrons. The number of aromatic nitrogens is 1. The highest BCUT2D eigenvalue weighted by molar-refractivity contribution is 5.68. The zero-order chi connectivity index (χ0) is 24.3. The highest BCUT2D eigenvalue weighted by Crippen LogP contribution is 2.47. The molecule has 0 bridgehead atoms. The fraction of sp³-hybridized carbons (Fsp3) is 0.500. The highest BCUT2D eigenvalue weighted by Gasteiger charge is 2.45. The summed E-state index contributed by atoms with van der Waals surface area (Å²) in [6, 6.07) is 10.6. The van der Waals surface area contributed by atoms with E-state index in [1.165, 1.54) is 12.1 Å². The smallest absolute Gasteiger partial charge is 0.407 e. The SMILES string of the molecule is CO[C@H]1C[C@H]2CC(NC(=O)OC(C)(C)C)CC[C@H]2[C@@H]1/C=C/c1ccc(-c2cccc(F)c2)cn1. The van der Waals surface area contributed by atoms with Gasteiger partial charge in [0.25, 0.3) is 0 Å². The standard InChI is InChI=1S/C28H35FN2O3/c1-28(2,3)34-27(32)31-23-11-12-24-20(15-23)16-26(33-4)25(24)13-10-22-9-8-19(17-30-22)18-6-5-7-21(29)14-18/h5-10,13-14,17,20,23-26H,11-12,15-16H2,1-4H3,(H,31,32)/b13-10+/t20-,23?,24-,25+,26+/m1/s1. The Balaban J connectivity index is 1.38. The molecule has 2 aromatic rings. The second-order valence-electron chi connectivity index (χ2n) is 10.5. The van der Waals surface area contributed by atoms with E-state index in [0.717, 1.165) is 42.5 Å². The number of methoxy groups -OCH3 is 1. The third-order valence-electron chi connectivity index (χ3n) is 6.96. The number of nitrogens with one attached hydrogen (secondary N) is 1. The summed E-state index contributed by atoms with van der Waals surface area (Å²) >= 11 is 0. The fourth-order valence-corrected chi connectivity index (χ4v) is 5.47. The summed E-state index contributed by atoms with van der Waals surface area (Å²) in [7, 11) is 1.78. The minimum absolute atomic E-state index is 0.147. The van der Waals surface area contributed by atoms with Crippen LogP contribution in [0.5, 0.6) is 0 Å². The quantitative estimate of drug-likeness (QED) is 0.566. The van der Waals surface area contributed by atoms with Gasteiger partial charge >= 0.3 is 6.09 Å². The zero-order valence-corrected chi connectivity index (χ0v) is 20.5. The molecule has 1 heterocycles. The van der Waals surface area contributed by atoms with E-state index in [4.69, 9.17) is 9.47 Å². The number of carbonyl (C=O) groups excluding carboxylic acids is 1. The molecule has 1 N–H and O–H groups in total. The number of amides is 1. The predicted octanol–water partition coefficient (Wildman–Crippen LogP) is 6.25. The second kappa shape index (κ2) is 10.3. The Morgan fingerprint density at radius 2 is 1.97 bits per heavy atom. The van der Waals surface area contributed by atoms with Crippen LogP contribution in [0.4, 0.5) is 9.18 Å². The van der Waals surface area contributed by atoms with Gasteiger partial charge in [0.1, 0.15) is 11.4 Å². The molecule has 0 radical (unpaired) electrons. The Morgan fingerprint density at radius 1 is 1.15 bits per heavy atom. The van der Waals surface area contributed by atoms with Crippen LogP contribution >= 0.6 is 0 Å². The molecule has 6 heteroatoms. The van der Waals surface area contributed by atoms with Crippen LogP contribution in [0.25, 0.3) is 17.2 Å². The van der Waals surface area contributed by atoms with Gasteiger partial charge in [-0.3, -0.25) is 4.98 Å². The summed E-state index contributed by atoms with van der Waals surface area (Å²) in [5.74, 6) is 1.11. The summed E-state index contributed by atoms with van der Waals surface area (Å²) in [6.45, 7) is 5.64. The minimum atomic E-state index is -0.491. The molecule has 5 nitrogen and oxygen atoms in total. The van der Waals surface area contributed by atoms with E-state index in [9.17, 15) is 9.18 Å². The van der Waals surface area contributed by atoms with Crippen LogP contribution in [0.1, 0.15) is 52.1 Å². The van der Waals surface area contributed by atoms with Gasteiger partial charge in [0.15, 0.2) is 0 Å². The molecule has 4 rings (SSSR count). The number of benzene rings is 1. The number of hydrogen-bond acceptors (Lipinski definition) is 4. The summed E-state index contributed by atoms with van der Waals surface area (Å²) in [4.78, 5) is 16.8. The molecule has 0 spiro atoms. The van der Waals surface area contributed by atoms with Gasteiger partial charge in [-0.1, -0.05) is 24.3 Å². The van der Waals surface area contributed by atoms with E-state index in [-0.39, 0.29) is 24.1 Å². The average molecular weight is 467 g/mol. The largest absolute Gasteiger partial charge is 0.444 e. The molecule has 1 amide bonds. The number of fused-ring (bicyclic) bond motifs is 1. The molecule has 2 aliphatic carbocycles. The number of hydrogen-bond donors (Lipinski definition) is 1. The van der Waals surface area contributed by atoms with Crippen LogP contribution in [0.3, 0.4) is 0 Å². The maximum atomic E-state index is 13.5. The van der Waals surface area contributed by atoms with Crippen molar-refractivity contribution >= 4 is 12.2 Å². The first-order chi connectivity index (χ1) is 16.2. The van der Waals surface area contributed by atoms with E-state index in [0.29, 0.717) is 17.8 Å². The molecule has 0 aliphatic heterocycles. The predicted molar refractivity (Wildman–Crippen MR) is 132 cm³/mol. The van der Waals surface area contributed by atoms with E-state index in [2.05, 4.69) is 22.5 Å². The van der Waals surface area contributed by atoms with Gasteiger partial charge in [0.05, 0.1) is 11.8 Å². The molecule has 2 fully saturated rings. The first kappa shape index (κ1) is 24.4. The second-order valence-corrected chi connectivity index (χ2v) is 10.5. The Kier molecular flexibility index (Phi) is 7.36. The van der Waals surface area contributed by atoms with Gasteiger partial charge in [-0.05, 0) is 88.1 Å². The highest BCUT2D eigenvalue weighted by atomic mass is 19.1. The molecule has 1 aromatic carbocycles. The Bertz CT molecular complexity index is 1020. The number of ether oxygens (including phenoxy) is 2. The molecule has 1 aromatic heterocycles. The molecular formula is C28H35FN2O3. The molecule has 5 atom stereocenters.